The van der Waals surface area contributed by atoms with Gasteiger partial charge in [-0.25, -0.2) is 9.82 Å². The molecule has 0 heterocycles. The highest BCUT2D eigenvalue weighted by atomic mass is 79.9. The average Bonchev–Trinajstić information content (AvgIpc) is 2.78. The summed E-state index contributed by atoms with van der Waals surface area (Å²) < 4.78 is 26.3. The number of aromatic hydroxyl groups is 1. The van der Waals surface area contributed by atoms with E-state index in [4.69, 9.17) is 9.47 Å². The highest BCUT2D eigenvalue weighted by Gasteiger charge is 2.15. The molecule has 3 aromatic carbocycles. The van der Waals surface area contributed by atoms with Crippen molar-refractivity contribution >= 4 is 59.9 Å². The van der Waals surface area contributed by atoms with Crippen LogP contribution in [0.1, 0.15) is 28.4 Å². The summed E-state index contributed by atoms with van der Waals surface area (Å²) in [5, 5.41) is 14.1. The number of amides is 1. The highest BCUT2D eigenvalue weighted by Crippen LogP contribution is 2.34. The van der Waals surface area contributed by atoms with E-state index in [1.165, 1.54) is 24.4 Å². The maximum atomic E-state index is 13.1. The second kappa shape index (κ2) is 11.6. The minimum atomic E-state index is -0.578. The molecule has 2 N–H and O–H groups in total. The third-order valence-electron chi connectivity index (χ3n) is 4.31. The van der Waals surface area contributed by atoms with E-state index in [9.17, 15) is 14.3 Å². The molecule has 0 atom stereocenters. The Balaban J connectivity index is 1.75. The Morgan fingerprint density at radius 3 is 2.45 bits per heavy atom. The van der Waals surface area contributed by atoms with Crippen LogP contribution >= 0.6 is 47.8 Å². The van der Waals surface area contributed by atoms with E-state index >= 15 is 0 Å². The summed E-state index contributed by atoms with van der Waals surface area (Å²) in [4.78, 5) is 12.4. The van der Waals surface area contributed by atoms with Crippen LogP contribution in [-0.2, 0) is 6.61 Å². The zero-order chi connectivity index (χ0) is 24.0. The number of carbonyl (C=O) groups excluding carboxylic acids is 1. The fourth-order valence-electron chi connectivity index (χ4n) is 2.73. The van der Waals surface area contributed by atoms with Crippen molar-refractivity contribution in [2.45, 2.75) is 13.5 Å². The molecule has 33 heavy (non-hydrogen) atoms. The van der Waals surface area contributed by atoms with Gasteiger partial charge in [-0.05, 0) is 80.7 Å². The molecule has 3 rings (SSSR count). The van der Waals surface area contributed by atoms with Crippen LogP contribution in [0.25, 0.3) is 0 Å². The SMILES string of the molecule is CCOc1cc(/C=N\NC(=O)c2cc(Br)cc(Br)c2O)c(Br)cc1OCc1ccc(F)cc1. The van der Waals surface area contributed by atoms with Gasteiger partial charge >= 0.3 is 0 Å². The molecule has 3 aromatic rings. The molecular weight excluding hydrogens is 627 g/mol. The number of carbonyl (C=O) groups is 1. The van der Waals surface area contributed by atoms with Crippen LogP contribution in [0.3, 0.4) is 0 Å². The second-order valence-corrected chi connectivity index (χ2v) is 9.28. The number of ether oxygens (including phenoxy) is 2. The predicted molar refractivity (Wildman–Crippen MR) is 135 cm³/mol. The fourth-order valence-corrected chi connectivity index (χ4v) is 4.38. The summed E-state index contributed by atoms with van der Waals surface area (Å²) in [7, 11) is 0. The van der Waals surface area contributed by atoms with Crippen molar-refractivity contribution in [2.75, 3.05) is 6.61 Å². The maximum absolute atomic E-state index is 13.1. The highest BCUT2D eigenvalue weighted by molar-refractivity contribution is 9.11. The van der Waals surface area contributed by atoms with Crippen molar-refractivity contribution in [1.29, 1.82) is 0 Å². The summed E-state index contributed by atoms with van der Waals surface area (Å²) in [5.41, 5.74) is 3.90. The number of phenols is 1. The number of nitrogens with one attached hydrogen (secondary N) is 1. The molecular formula is C23H18Br3FN2O4. The van der Waals surface area contributed by atoms with E-state index in [1.807, 2.05) is 6.92 Å². The van der Waals surface area contributed by atoms with Crippen LogP contribution in [0.5, 0.6) is 17.2 Å². The lowest BCUT2D eigenvalue weighted by Gasteiger charge is -2.14. The number of hydrazone groups is 1. The Labute approximate surface area is 215 Å². The number of hydrogen-bond acceptors (Lipinski definition) is 5. The predicted octanol–water partition coefficient (Wildman–Crippen LogP) is 6.56. The van der Waals surface area contributed by atoms with E-state index in [-0.39, 0.29) is 23.7 Å². The van der Waals surface area contributed by atoms with Crippen molar-refractivity contribution in [3.8, 4) is 17.2 Å². The lowest BCUT2D eigenvalue weighted by atomic mass is 10.2. The molecule has 0 saturated carbocycles. The van der Waals surface area contributed by atoms with Crippen molar-refractivity contribution in [2.24, 2.45) is 5.10 Å². The first-order valence-electron chi connectivity index (χ1n) is 9.63. The number of phenolic OH excluding ortho intramolecular Hbond substituents is 1. The van der Waals surface area contributed by atoms with Crippen LogP contribution in [0.2, 0.25) is 0 Å². The topological polar surface area (TPSA) is 80.2 Å². The van der Waals surface area contributed by atoms with Crippen LogP contribution in [-0.4, -0.2) is 23.8 Å². The first kappa shape index (κ1) is 25.2. The van der Waals surface area contributed by atoms with E-state index in [1.54, 1.807) is 30.3 Å². The molecule has 0 unspecified atom stereocenters. The Hall–Kier alpha value is -2.43. The van der Waals surface area contributed by atoms with Crippen LogP contribution in [0.15, 0.2) is 67.1 Å². The first-order valence-corrected chi connectivity index (χ1v) is 12.0. The fraction of sp³-hybridized carbons (Fsp3) is 0.130. The Bertz CT molecular complexity index is 1190. The summed E-state index contributed by atoms with van der Waals surface area (Å²) >= 11 is 9.94. The molecule has 0 bridgehead atoms. The summed E-state index contributed by atoms with van der Waals surface area (Å²) in [5.74, 6) is -0.0863. The summed E-state index contributed by atoms with van der Waals surface area (Å²) in [6, 6.07) is 12.6. The van der Waals surface area contributed by atoms with Gasteiger partial charge < -0.3 is 14.6 Å². The van der Waals surface area contributed by atoms with Crippen molar-refractivity contribution in [3.63, 3.8) is 0 Å². The molecule has 1 amide bonds. The molecule has 0 aromatic heterocycles. The zero-order valence-corrected chi connectivity index (χ0v) is 22.0. The molecule has 10 heteroatoms. The van der Waals surface area contributed by atoms with Gasteiger partial charge in [0.05, 0.1) is 22.9 Å². The molecule has 0 radical (unpaired) electrons. The summed E-state index contributed by atoms with van der Waals surface area (Å²) in [6.45, 7) is 2.50. The zero-order valence-electron chi connectivity index (χ0n) is 17.2. The van der Waals surface area contributed by atoms with Gasteiger partial charge in [0.1, 0.15) is 18.2 Å². The van der Waals surface area contributed by atoms with Gasteiger partial charge in [-0.2, -0.15) is 5.10 Å². The largest absolute Gasteiger partial charge is 0.506 e. The summed E-state index contributed by atoms with van der Waals surface area (Å²) in [6.07, 6.45) is 1.44. The minimum absolute atomic E-state index is 0.0620. The van der Waals surface area contributed by atoms with Gasteiger partial charge in [0.2, 0.25) is 0 Å². The Kier molecular flexibility index (Phi) is 8.87. The molecule has 0 aliphatic carbocycles. The second-order valence-electron chi connectivity index (χ2n) is 6.65. The third-order valence-corrected chi connectivity index (χ3v) is 6.06. The quantitative estimate of drug-likeness (QED) is 0.215. The van der Waals surface area contributed by atoms with Crippen LogP contribution in [0, 0.1) is 5.82 Å². The van der Waals surface area contributed by atoms with Crippen molar-refractivity contribution < 1.29 is 23.8 Å². The van der Waals surface area contributed by atoms with Gasteiger partial charge in [0.15, 0.2) is 11.5 Å². The number of rotatable bonds is 8. The van der Waals surface area contributed by atoms with Gasteiger partial charge in [-0.3, -0.25) is 4.79 Å². The molecule has 6 nitrogen and oxygen atoms in total. The maximum Gasteiger partial charge on any atom is 0.275 e. The Morgan fingerprint density at radius 2 is 1.76 bits per heavy atom. The lowest BCUT2D eigenvalue weighted by Crippen LogP contribution is -2.18. The van der Waals surface area contributed by atoms with Crippen molar-refractivity contribution in [3.05, 3.63) is 84.5 Å². The van der Waals surface area contributed by atoms with Gasteiger partial charge in [-0.15, -0.1) is 0 Å². The normalized spacial score (nSPS) is 10.9. The Morgan fingerprint density at radius 1 is 1.06 bits per heavy atom. The average molecular weight is 645 g/mol. The molecule has 0 fully saturated rings. The molecule has 0 spiro atoms. The van der Waals surface area contributed by atoms with Gasteiger partial charge in [0, 0.05) is 14.5 Å². The standard InChI is InChI=1S/C23H18Br3FN2O4/c1-2-32-20-7-14(11-28-29-23(31)17-8-15(24)9-19(26)22(17)30)18(25)10-21(20)33-12-13-3-5-16(27)6-4-13/h3-11,30H,2,12H2,1H3,(H,29,31)/b28-11-. The lowest BCUT2D eigenvalue weighted by molar-refractivity contribution is 0.0952. The number of benzene rings is 3. The number of nitrogens with zero attached hydrogens (tertiary/aromatic N) is 1. The monoisotopic (exact) mass is 642 g/mol. The van der Waals surface area contributed by atoms with E-state index < -0.39 is 5.91 Å². The number of halogens is 4. The molecule has 0 aliphatic heterocycles. The number of hydrogen-bond donors (Lipinski definition) is 2. The third kappa shape index (κ3) is 6.78. The van der Waals surface area contributed by atoms with Crippen LogP contribution in [0.4, 0.5) is 4.39 Å². The van der Waals surface area contributed by atoms with Crippen molar-refractivity contribution in [1.82, 2.24) is 5.43 Å². The molecule has 0 aliphatic rings. The van der Waals surface area contributed by atoms with Gasteiger partial charge in [-0.1, -0.05) is 28.1 Å². The smallest absolute Gasteiger partial charge is 0.275 e. The molecule has 0 saturated heterocycles. The first-order chi connectivity index (χ1) is 15.8. The van der Waals surface area contributed by atoms with E-state index in [2.05, 4.69) is 58.3 Å². The van der Waals surface area contributed by atoms with E-state index in [0.29, 0.717) is 37.1 Å². The van der Waals surface area contributed by atoms with Gasteiger partial charge in [0.25, 0.3) is 5.91 Å². The molecule has 172 valence electrons. The van der Waals surface area contributed by atoms with E-state index in [0.717, 1.165) is 5.56 Å². The minimum Gasteiger partial charge on any atom is -0.506 e. The van der Waals surface area contributed by atoms with Crippen LogP contribution < -0.4 is 14.9 Å².